The third kappa shape index (κ3) is 3.11. The van der Waals surface area contributed by atoms with E-state index in [1.807, 2.05) is 19.2 Å². The first-order valence-electron chi connectivity index (χ1n) is 6.14. The van der Waals surface area contributed by atoms with Gasteiger partial charge in [-0.2, -0.15) is 0 Å². The zero-order valence-electron chi connectivity index (χ0n) is 11.5. The molecule has 20 heavy (non-hydrogen) atoms. The molecule has 0 spiro atoms. The van der Waals surface area contributed by atoms with Crippen molar-refractivity contribution in [2.45, 2.75) is 19.4 Å². The second kappa shape index (κ2) is 5.81. The monoisotopic (exact) mass is 309 g/mol. The molecule has 4 nitrogen and oxygen atoms in total. The molecule has 106 valence electrons. The SMILES string of the molecule is CNc1ccc(Cl)cc1C(=O)NC(C)(C)c1nccs1. The lowest BCUT2D eigenvalue weighted by Gasteiger charge is -2.24. The zero-order chi connectivity index (χ0) is 14.8. The summed E-state index contributed by atoms with van der Waals surface area (Å²) >= 11 is 7.48. The Kier molecular flexibility index (Phi) is 4.30. The molecule has 0 aliphatic carbocycles. The van der Waals surface area contributed by atoms with Crippen LogP contribution in [0.25, 0.3) is 0 Å². The average molecular weight is 310 g/mol. The van der Waals surface area contributed by atoms with E-state index in [-0.39, 0.29) is 5.91 Å². The van der Waals surface area contributed by atoms with Crippen molar-refractivity contribution in [2.24, 2.45) is 0 Å². The van der Waals surface area contributed by atoms with Crippen molar-refractivity contribution in [1.82, 2.24) is 10.3 Å². The minimum atomic E-state index is -0.529. The Morgan fingerprint density at radius 2 is 2.15 bits per heavy atom. The first-order chi connectivity index (χ1) is 9.44. The molecule has 0 aliphatic heterocycles. The quantitative estimate of drug-likeness (QED) is 0.909. The van der Waals surface area contributed by atoms with Crippen LogP contribution in [0.4, 0.5) is 5.69 Å². The van der Waals surface area contributed by atoms with E-state index in [1.165, 1.54) is 11.3 Å². The van der Waals surface area contributed by atoms with Gasteiger partial charge in [-0.25, -0.2) is 4.98 Å². The zero-order valence-corrected chi connectivity index (χ0v) is 13.1. The predicted molar refractivity (Wildman–Crippen MR) is 83.6 cm³/mol. The van der Waals surface area contributed by atoms with Gasteiger partial charge in [-0.05, 0) is 32.0 Å². The molecular weight excluding hydrogens is 294 g/mol. The molecule has 0 fully saturated rings. The minimum absolute atomic E-state index is 0.183. The van der Waals surface area contributed by atoms with Crippen LogP contribution < -0.4 is 10.6 Å². The Labute approximate surface area is 127 Å². The normalized spacial score (nSPS) is 11.2. The molecule has 0 unspecified atom stereocenters. The van der Waals surface area contributed by atoms with Gasteiger partial charge in [-0.15, -0.1) is 11.3 Å². The smallest absolute Gasteiger partial charge is 0.254 e. The van der Waals surface area contributed by atoms with Crippen molar-refractivity contribution in [3.63, 3.8) is 0 Å². The van der Waals surface area contributed by atoms with Crippen molar-refractivity contribution >= 4 is 34.5 Å². The van der Waals surface area contributed by atoms with E-state index in [0.717, 1.165) is 10.7 Å². The number of carbonyl (C=O) groups is 1. The van der Waals surface area contributed by atoms with Gasteiger partial charge in [0.05, 0.1) is 11.1 Å². The van der Waals surface area contributed by atoms with E-state index in [2.05, 4.69) is 15.6 Å². The summed E-state index contributed by atoms with van der Waals surface area (Å²) in [5.41, 5.74) is 0.727. The molecule has 0 atom stereocenters. The summed E-state index contributed by atoms with van der Waals surface area (Å²) in [5, 5.41) is 9.26. The predicted octanol–water partition coefficient (Wildman–Crippen LogP) is 3.50. The molecule has 1 aromatic carbocycles. The van der Waals surface area contributed by atoms with E-state index in [9.17, 15) is 4.79 Å². The standard InChI is InChI=1S/C14H16ClN3OS/c1-14(2,13-17-6-7-20-13)18-12(19)10-8-9(15)4-5-11(10)16-3/h4-8,16H,1-3H3,(H,18,19). The van der Waals surface area contributed by atoms with Gasteiger partial charge in [0, 0.05) is 29.3 Å². The molecule has 0 saturated carbocycles. The van der Waals surface area contributed by atoms with Crippen molar-refractivity contribution in [3.05, 3.63) is 45.4 Å². The van der Waals surface area contributed by atoms with Crippen LogP contribution in [0.5, 0.6) is 0 Å². The number of carbonyl (C=O) groups excluding carboxylic acids is 1. The average Bonchev–Trinajstić information content (AvgIpc) is 2.92. The fourth-order valence-corrected chi connectivity index (χ4v) is 2.75. The Morgan fingerprint density at radius 3 is 2.75 bits per heavy atom. The lowest BCUT2D eigenvalue weighted by molar-refractivity contribution is 0.0913. The van der Waals surface area contributed by atoms with Crippen LogP contribution in [-0.4, -0.2) is 17.9 Å². The van der Waals surface area contributed by atoms with Gasteiger partial charge in [-0.1, -0.05) is 11.6 Å². The highest BCUT2D eigenvalue weighted by atomic mass is 35.5. The lowest BCUT2D eigenvalue weighted by atomic mass is 10.0. The second-order valence-corrected chi connectivity index (χ2v) is 6.19. The second-order valence-electron chi connectivity index (χ2n) is 4.86. The Balaban J connectivity index is 2.26. The van der Waals surface area contributed by atoms with Crippen LogP contribution in [0, 0.1) is 0 Å². The molecule has 0 saturated heterocycles. The maximum atomic E-state index is 12.5. The molecule has 0 bridgehead atoms. The van der Waals surface area contributed by atoms with E-state index in [0.29, 0.717) is 10.6 Å². The highest BCUT2D eigenvalue weighted by Gasteiger charge is 2.26. The van der Waals surface area contributed by atoms with Crippen molar-refractivity contribution in [2.75, 3.05) is 12.4 Å². The van der Waals surface area contributed by atoms with Crippen LogP contribution in [-0.2, 0) is 5.54 Å². The summed E-state index contributed by atoms with van der Waals surface area (Å²) in [5.74, 6) is -0.183. The van der Waals surface area contributed by atoms with Crippen molar-refractivity contribution in [3.8, 4) is 0 Å². The van der Waals surface area contributed by atoms with Gasteiger partial charge in [0.1, 0.15) is 5.01 Å². The van der Waals surface area contributed by atoms with Crippen LogP contribution in [0.2, 0.25) is 5.02 Å². The molecular formula is C14H16ClN3OS. The van der Waals surface area contributed by atoms with Gasteiger partial charge in [0.15, 0.2) is 0 Å². The molecule has 6 heteroatoms. The lowest BCUT2D eigenvalue weighted by Crippen LogP contribution is -2.41. The number of halogens is 1. The highest BCUT2D eigenvalue weighted by Crippen LogP contribution is 2.25. The Bertz CT molecular complexity index is 611. The molecule has 2 rings (SSSR count). The van der Waals surface area contributed by atoms with E-state index in [1.54, 1.807) is 31.4 Å². The number of nitrogens with zero attached hydrogens (tertiary/aromatic N) is 1. The summed E-state index contributed by atoms with van der Waals surface area (Å²) in [4.78, 5) is 16.7. The number of hydrogen-bond donors (Lipinski definition) is 2. The molecule has 0 aliphatic rings. The third-order valence-corrected chi connectivity index (χ3v) is 4.22. The van der Waals surface area contributed by atoms with Gasteiger partial charge in [0.2, 0.25) is 0 Å². The number of nitrogens with one attached hydrogen (secondary N) is 2. The van der Waals surface area contributed by atoms with Crippen molar-refractivity contribution < 1.29 is 4.79 Å². The summed E-state index contributed by atoms with van der Waals surface area (Å²) in [6, 6.07) is 5.18. The van der Waals surface area contributed by atoms with Gasteiger partial charge >= 0.3 is 0 Å². The maximum absolute atomic E-state index is 12.5. The van der Waals surface area contributed by atoms with E-state index in [4.69, 9.17) is 11.6 Å². The van der Waals surface area contributed by atoms with E-state index >= 15 is 0 Å². The third-order valence-electron chi connectivity index (χ3n) is 2.89. The number of rotatable bonds is 4. The summed E-state index contributed by atoms with van der Waals surface area (Å²) < 4.78 is 0. The maximum Gasteiger partial charge on any atom is 0.254 e. The molecule has 2 N–H and O–H groups in total. The van der Waals surface area contributed by atoms with Gasteiger partial charge < -0.3 is 10.6 Å². The van der Waals surface area contributed by atoms with Crippen LogP contribution in [0.3, 0.4) is 0 Å². The number of aromatic nitrogens is 1. The molecule has 0 radical (unpaired) electrons. The minimum Gasteiger partial charge on any atom is -0.387 e. The van der Waals surface area contributed by atoms with Gasteiger partial charge in [0.25, 0.3) is 5.91 Å². The summed E-state index contributed by atoms with van der Waals surface area (Å²) in [6.45, 7) is 3.85. The number of anilines is 1. The number of benzene rings is 1. The number of amides is 1. The van der Waals surface area contributed by atoms with Crippen LogP contribution in [0.15, 0.2) is 29.8 Å². The molecule has 1 aromatic heterocycles. The molecule has 1 heterocycles. The van der Waals surface area contributed by atoms with Gasteiger partial charge in [-0.3, -0.25) is 4.79 Å². The highest BCUT2D eigenvalue weighted by molar-refractivity contribution is 7.09. The summed E-state index contributed by atoms with van der Waals surface area (Å²) in [7, 11) is 1.77. The fraction of sp³-hybridized carbons (Fsp3) is 0.286. The largest absolute Gasteiger partial charge is 0.387 e. The topological polar surface area (TPSA) is 54.0 Å². The number of thiazole rings is 1. The Morgan fingerprint density at radius 1 is 1.40 bits per heavy atom. The number of hydrogen-bond acceptors (Lipinski definition) is 4. The summed E-state index contributed by atoms with van der Waals surface area (Å²) in [6.07, 6.45) is 1.73. The van der Waals surface area contributed by atoms with Crippen LogP contribution in [0.1, 0.15) is 29.2 Å². The van der Waals surface area contributed by atoms with Crippen LogP contribution >= 0.6 is 22.9 Å². The van der Waals surface area contributed by atoms with E-state index < -0.39 is 5.54 Å². The molecule has 2 aromatic rings. The first kappa shape index (κ1) is 14.8. The Hall–Kier alpha value is -1.59. The molecule has 1 amide bonds. The first-order valence-corrected chi connectivity index (χ1v) is 7.39. The fourth-order valence-electron chi connectivity index (χ4n) is 1.86. The van der Waals surface area contributed by atoms with Crippen molar-refractivity contribution in [1.29, 1.82) is 0 Å².